The van der Waals surface area contributed by atoms with Gasteiger partial charge in [-0.05, 0) is 25.5 Å². The molecule has 0 radical (unpaired) electrons. The van der Waals surface area contributed by atoms with Gasteiger partial charge in [0.05, 0.1) is 0 Å². The van der Waals surface area contributed by atoms with E-state index < -0.39 is 23.9 Å². The Bertz CT molecular complexity index is 592. The molecule has 0 aliphatic rings. The number of anilines is 1. The predicted octanol–water partition coefficient (Wildman–Crippen LogP) is 4.72. The van der Waals surface area contributed by atoms with Crippen molar-refractivity contribution in [1.29, 1.82) is 0 Å². The standard InChI is InChI=1S/C14H14F6N2O/c1-8(2)9-6-4-5-7-10(9)21-11(23)22-12(3,13(15,16)17)14(18,19)20/h4-7H,1H2,2-3H3,(H2,21,22,23). The van der Waals surface area contributed by atoms with Gasteiger partial charge in [-0.3, -0.25) is 0 Å². The molecular weight excluding hydrogens is 326 g/mol. The SMILES string of the molecule is C=C(C)c1ccccc1NC(=O)NC(C)(C(F)(F)F)C(F)(F)F. The lowest BCUT2D eigenvalue weighted by atomic mass is 10.0. The van der Waals surface area contributed by atoms with Crippen molar-refractivity contribution in [3.63, 3.8) is 0 Å². The van der Waals surface area contributed by atoms with Gasteiger partial charge < -0.3 is 10.6 Å². The van der Waals surface area contributed by atoms with Crippen molar-refractivity contribution < 1.29 is 31.1 Å². The van der Waals surface area contributed by atoms with Crippen molar-refractivity contribution in [2.75, 3.05) is 5.32 Å². The fourth-order valence-electron chi connectivity index (χ4n) is 1.65. The molecule has 9 heteroatoms. The summed E-state index contributed by atoms with van der Waals surface area (Å²) in [5, 5.41) is 2.94. The highest BCUT2D eigenvalue weighted by Crippen LogP contribution is 2.42. The Morgan fingerprint density at radius 2 is 1.52 bits per heavy atom. The molecule has 0 aliphatic carbocycles. The van der Waals surface area contributed by atoms with Crippen LogP contribution in [0.3, 0.4) is 0 Å². The van der Waals surface area contributed by atoms with Gasteiger partial charge in [0.1, 0.15) is 0 Å². The van der Waals surface area contributed by atoms with Crippen LogP contribution >= 0.6 is 0 Å². The molecule has 0 aliphatic heterocycles. The zero-order chi connectivity index (χ0) is 18.1. The van der Waals surface area contributed by atoms with Gasteiger partial charge in [0, 0.05) is 11.3 Å². The van der Waals surface area contributed by atoms with E-state index in [4.69, 9.17) is 0 Å². The number of benzene rings is 1. The summed E-state index contributed by atoms with van der Waals surface area (Å²) in [7, 11) is 0. The Morgan fingerprint density at radius 1 is 1.04 bits per heavy atom. The maximum Gasteiger partial charge on any atom is 0.420 e. The van der Waals surface area contributed by atoms with Crippen molar-refractivity contribution in [2.24, 2.45) is 0 Å². The van der Waals surface area contributed by atoms with Crippen LogP contribution in [0.2, 0.25) is 0 Å². The number of carbonyl (C=O) groups is 1. The molecule has 3 nitrogen and oxygen atoms in total. The molecule has 0 fully saturated rings. The molecule has 1 rings (SSSR count). The van der Waals surface area contributed by atoms with Gasteiger partial charge in [0.15, 0.2) is 0 Å². The number of allylic oxidation sites excluding steroid dienone is 1. The third-order valence-corrected chi connectivity index (χ3v) is 3.13. The zero-order valence-electron chi connectivity index (χ0n) is 12.2. The maximum absolute atomic E-state index is 12.7. The number of nitrogens with one attached hydrogen (secondary N) is 2. The van der Waals surface area contributed by atoms with E-state index in [2.05, 4.69) is 6.58 Å². The molecule has 0 bridgehead atoms. The Kier molecular flexibility index (Phi) is 5.03. The molecule has 0 saturated heterocycles. The Morgan fingerprint density at radius 3 is 1.96 bits per heavy atom. The maximum atomic E-state index is 12.7. The fraction of sp³-hybridized carbons (Fsp3) is 0.357. The first kappa shape index (κ1) is 18.9. The second-order valence-electron chi connectivity index (χ2n) is 5.03. The van der Waals surface area contributed by atoms with E-state index in [0.29, 0.717) is 11.1 Å². The molecule has 0 spiro atoms. The van der Waals surface area contributed by atoms with Gasteiger partial charge in [-0.1, -0.05) is 24.8 Å². The molecule has 0 saturated carbocycles. The first-order valence-electron chi connectivity index (χ1n) is 6.27. The minimum absolute atomic E-state index is 0.0456. The minimum atomic E-state index is -5.71. The highest BCUT2D eigenvalue weighted by molar-refractivity contribution is 5.93. The number of amides is 2. The lowest BCUT2D eigenvalue weighted by molar-refractivity contribution is -0.297. The lowest BCUT2D eigenvalue weighted by Gasteiger charge is -2.34. The fourth-order valence-corrected chi connectivity index (χ4v) is 1.65. The monoisotopic (exact) mass is 340 g/mol. The predicted molar refractivity (Wildman–Crippen MR) is 73.8 cm³/mol. The van der Waals surface area contributed by atoms with Crippen LogP contribution in [0.1, 0.15) is 19.4 Å². The summed E-state index contributed by atoms with van der Waals surface area (Å²) in [5.41, 5.74) is -3.45. The average Bonchev–Trinajstić information content (AvgIpc) is 2.36. The summed E-state index contributed by atoms with van der Waals surface area (Å²) < 4.78 is 76.4. The molecule has 1 aromatic carbocycles. The van der Waals surface area contributed by atoms with Crippen LogP contribution in [0.25, 0.3) is 5.57 Å². The van der Waals surface area contributed by atoms with Crippen molar-refractivity contribution in [2.45, 2.75) is 31.7 Å². The second-order valence-corrected chi connectivity index (χ2v) is 5.03. The molecule has 1 aromatic rings. The number of halogens is 6. The van der Waals surface area contributed by atoms with Crippen LogP contribution < -0.4 is 10.6 Å². The van der Waals surface area contributed by atoms with E-state index in [1.54, 1.807) is 13.0 Å². The molecule has 2 amide bonds. The van der Waals surface area contributed by atoms with Gasteiger partial charge >= 0.3 is 18.4 Å². The molecule has 0 heterocycles. The minimum Gasteiger partial charge on any atom is -0.316 e. The average molecular weight is 340 g/mol. The number of carbonyl (C=O) groups excluding carboxylic acids is 1. The quantitative estimate of drug-likeness (QED) is 0.768. The van der Waals surface area contributed by atoms with Crippen molar-refractivity contribution >= 4 is 17.3 Å². The van der Waals surface area contributed by atoms with Crippen LogP contribution in [-0.4, -0.2) is 23.9 Å². The third kappa shape index (κ3) is 3.96. The highest BCUT2D eigenvalue weighted by Gasteiger charge is 2.68. The third-order valence-electron chi connectivity index (χ3n) is 3.13. The molecule has 128 valence electrons. The summed E-state index contributed by atoms with van der Waals surface area (Å²) >= 11 is 0. The molecule has 0 unspecified atom stereocenters. The van der Waals surface area contributed by atoms with E-state index in [1.807, 2.05) is 5.32 Å². The number of para-hydroxylation sites is 1. The molecule has 0 atom stereocenters. The van der Waals surface area contributed by atoms with Crippen LogP contribution in [0, 0.1) is 0 Å². The van der Waals surface area contributed by atoms with Crippen LogP contribution in [0.15, 0.2) is 30.8 Å². The largest absolute Gasteiger partial charge is 0.420 e. The van der Waals surface area contributed by atoms with Crippen molar-refractivity contribution in [3.8, 4) is 0 Å². The number of hydrogen-bond donors (Lipinski definition) is 2. The van der Waals surface area contributed by atoms with Gasteiger partial charge in [-0.25, -0.2) is 4.79 Å². The van der Waals surface area contributed by atoms with Crippen LogP contribution in [0.5, 0.6) is 0 Å². The summed E-state index contributed by atoms with van der Waals surface area (Å²) in [4.78, 5) is 11.6. The van der Waals surface area contributed by atoms with Gasteiger partial charge in [0.25, 0.3) is 0 Å². The van der Waals surface area contributed by atoms with Crippen molar-refractivity contribution in [3.05, 3.63) is 36.4 Å². The van der Waals surface area contributed by atoms with Gasteiger partial charge in [-0.15, -0.1) is 0 Å². The summed E-state index contributed by atoms with van der Waals surface area (Å²) in [6.07, 6.45) is -11.4. The van der Waals surface area contributed by atoms with E-state index in [-0.39, 0.29) is 12.6 Å². The summed E-state index contributed by atoms with van der Waals surface area (Å²) in [6.45, 7) is 5.05. The molecular formula is C14H14F6N2O. The number of alkyl halides is 6. The van der Waals surface area contributed by atoms with E-state index in [0.717, 1.165) is 5.32 Å². The molecule has 2 N–H and O–H groups in total. The van der Waals surface area contributed by atoms with Gasteiger partial charge in [-0.2, -0.15) is 26.3 Å². The Labute approximate surface area is 128 Å². The first-order chi connectivity index (χ1) is 10.3. The lowest BCUT2D eigenvalue weighted by Crippen LogP contribution is -2.66. The highest BCUT2D eigenvalue weighted by atomic mass is 19.4. The first-order valence-corrected chi connectivity index (χ1v) is 6.27. The number of hydrogen-bond acceptors (Lipinski definition) is 1. The molecule has 23 heavy (non-hydrogen) atoms. The molecule has 0 aromatic heterocycles. The van der Waals surface area contributed by atoms with E-state index in [9.17, 15) is 31.1 Å². The van der Waals surface area contributed by atoms with E-state index in [1.165, 1.54) is 18.2 Å². The van der Waals surface area contributed by atoms with Crippen LogP contribution in [0.4, 0.5) is 36.8 Å². The summed E-state index contributed by atoms with van der Waals surface area (Å²) in [5.74, 6) is 0. The van der Waals surface area contributed by atoms with Crippen LogP contribution in [-0.2, 0) is 0 Å². The van der Waals surface area contributed by atoms with E-state index >= 15 is 0 Å². The van der Waals surface area contributed by atoms with Crippen molar-refractivity contribution in [1.82, 2.24) is 5.32 Å². The Hall–Kier alpha value is -2.19. The van der Waals surface area contributed by atoms with Gasteiger partial charge in [0.2, 0.25) is 5.54 Å². The second kappa shape index (κ2) is 6.13. The smallest absolute Gasteiger partial charge is 0.316 e. The topological polar surface area (TPSA) is 41.1 Å². The zero-order valence-corrected chi connectivity index (χ0v) is 12.2. The normalized spacial score (nSPS) is 12.7. The number of urea groups is 1. The number of rotatable bonds is 3. The summed E-state index contributed by atoms with van der Waals surface area (Å²) in [6, 6.07) is 4.28. The Balaban J connectivity index is 3.06.